The lowest BCUT2D eigenvalue weighted by Gasteiger charge is -2.59. The van der Waals surface area contributed by atoms with Crippen molar-refractivity contribution < 1.29 is 9.53 Å². The molecule has 1 N–H and O–H groups in total. The van der Waals surface area contributed by atoms with Crippen LogP contribution in [-0.2, 0) is 16.0 Å². The molecule has 1 aliphatic rings. The van der Waals surface area contributed by atoms with Crippen LogP contribution in [0, 0.1) is 5.41 Å². The molecule has 0 radical (unpaired) electrons. The van der Waals surface area contributed by atoms with Gasteiger partial charge in [0.1, 0.15) is 5.15 Å². The van der Waals surface area contributed by atoms with Crippen molar-refractivity contribution in [3.05, 3.63) is 29.0 Å². The van der Waals surface area contributed by atoms with Crippen LogP contribution in [0.1, 0.15) is 32.8 Å². The van der Waals surface area contributed by atoms with E-state index in [0.717, 1.165) is 12.0 Å². The molecule has 1 heterocycles. The van der Waals surface area contributed by atoms with E-state index in [4.69, 9.17) is 16.3 Å². The summed E-state index contributed by atoms with van der Waals surface area (Å²) in [7, 11) is 1.72. The van der Waals surface area contributed by atoms with Gasteiger partial charge in [0.15, 0.2) is 0 Å². The molecular weight excluding hydrogens is 276 g/mol. The normalized spacial score (nSPS) is 27.8. The van der Waals surface area contributed by atoms with Gasteiger partial charge in [0.05, 0.1) is 12.0 Å². The molecule has 5 heteroatoms. The number of amides is 1. The van der Waals surface area contributed by atoms with Crippen molar-refractivity contribution in [1.82, 2.24) is 10.3 Å². The Balaban J connectivity index is 1.92. The Hall–Kier alpha value is -1.13. The molecular formula is C15H21ClN2O2. The molecule has 0 saturated heterocycles. The van der Waals surface area contributed by atoms with Crippen LogP contribution < -0.4 is 5.32 Å². The van der Waals surface area contributed by atoms with Gasteiger partial charge >= 0.3 is 0 Å². The number of carbonyl (C=O) groups excluding carboxylic acids is 1. The number of rotatable bonds is 4. The van der Waals surface area contributed by atoms with Gasteiger partial charge in [0.2, 0.25) is 5.91 Å². The van der Waals surface area contributed by atoms with E-state index in [-0.39, 0.29) is 23.0 Å². The summed E-state index contributed by atoms with van der Waals surface area (Å²) in [6.07, 6.45) is 2.79. The van der Waals surface area contributed by atoms with Crippen LogP contribution in [0.4, 0.5) is 0 Å². The Morgan fingerprint density at radius 2 is 2.20 bits per heavy atom. The maximum Gasteiger partial charge on any atom is 0.224 e. The van der Waals surface area contributed by atoms with Gasteiger partial charge in [-0.25, -0.2) is 4.98 Å². The highest BCUT2D eigenvalue weighted by Gasteiger charge is 2.58. The Labute approximate surface area is 124 Å². The third-order valence-electron chi connectivity index (χ3n) is 4.77. The second kappa shape index (κ2) is 5.34. The minimum Gasteiger partial charge on any atom is -0.378 e. The van der Waals surface area contributed by atoms with Crippen molar-refractivity contribution in [2.45, 2.75) is 45.3 Å². The van der Waals surface area contributed by atoms with E-state index in [1.165, 1.54) is 0 Å². The van der Waals surface area contributed by atoms with Gasteiger partial charge < -0.3 is 10.1 Å². The number of hydrogen-bond acceptors (Lipinski definition) is 3. The fraction of sp³-hybridized carbons (Fsp3) is 0.600. The lowest BCUT2D eigenvalue weighted by atomic mass is 9.56. The fourth-order valence-corrected chi connectivity index (χ4v) is 2.78. The SMILES string of the molecule is CO[C@]1(C)C[C@H](NC(=O)Cc2ccc(Cl)nc2)C1(C)C. The molecule has 110 valence electrons. The molecule has 0 spiro atoms. The summed E-state index contributed by atoms with van der Waals surface area (Å²) < 4.78 is 5.56. The topological polar surface area (TPSA) is 51.2 Å². The van der Waals surface area contributed by atoms with Gasteiger partial charge in [0, 0.05) is 24.8 Å². The molecule has 0 aromatic carbocycles. The van der Waals surface area contributed by atoms with Crippen molar-refractivity contribution in [1.29, 1.82) is 0 Å². The highest BCUT2D eigenvalue weighted by Crippen LogP contribution is 2.51. The highest BCUT2D eigenvalue weighted by atomic mass is 35.5. The molecule has 0 bridgehead atoms. The molecule has 1 amide bonds. The number of nitrogens with one attached hydrogen (secondary N) is 1. The maximum atomic E-state index is 12.1. The quantitative estimate of drug-likeness (QED) is 0.869. The molecule has 0 aliphatic heterocycles. The molecule has 2 atom stereocenters. The predicted octanol–water partition coefficient (Wildman–Crippen LogP) is 2.60. The van der Waals surface area contributed by atoms with Crippen LogP contribution in [0.3, 0.4) is 0 Å². The average Bonchev–Trinajstić information content (AvgIpc) is 2.40. The lowest BCUT2D eigenvalue weighted by Crippen LogP contribution is -2.68. The second-order valence-electron chi connectivity index (χ2n) is 6.15. The summed E-state index contributed by atoms with van der Waals surface area (Å²) >= 11 is 5.72. The van der Waals surface area contributed by atoms with Crippen LogP contribution in [0.15, 0.2) is 18.3 Å². The number of nitrogens with zero attached hydrogens (tertiary/aromatic N) is 1. The fourth-order valence-electron chi connectivity index (χ4n) is 2.66. The summed E-state index contributed by atoms with van der Waals surface area (Å²) in [6.45, 7) is 6.32. The van der Waals surface area contributed by atoms with E-state index in [2.05, 4.69) is 31.1 Å². The first-order valence-corrected chi connectivity index (χ1v) is 7.11. The van der Waals surface area contributed by atoms with Crippen molar-refractivity contribution in [3.8, 4) is 0 Å². The Bertz CT molecular complexity index is 501. The van der Waals surface area contributed by atoms with Crippen molar-refractivity contribution >= 4 is 17.5 Å². The molecule has 1 saturated carbocycles. The molecule has 20 heavy (non-hydrogen) atoms. The zero-order chi connectivity index (χ0) is 15.0. The number of ether oxygens (including phenoxy) is 1. The van der Waals surface area contributed by atoms with Gasteiger partial charge in [-0.15, -0.1) is 0 Å². The third kappa shape index (κ3) is 2.67. The first kappa shape index (κ1) is 15.3. The smallest absolute Gasteiger partial charge is 0.224 e. The van der Waals surface area contributed by atoms with E-state index in [1.54, 1.807) is 19.4 Å². The summed E-state index contributed by atoms with van der Waals surface area (Å²) in [5, 5.41) is 3.51. The van der Waals surface area contributed by atoms with E-state index in [0.29, 0.717) is 11.6 Å². The lowest BCUT2D eigenvalue weighted by molar-refractivity contribution is -0.182. The Morgan fingerprint density at radius 1 is 1.50 bits per heavy atom. The van der Waals surface area contributed by atoms with Crippen LogP contribution in [0.25, 0.3) is 0 Å². The molecule has 4 nitrogen and oxygen atoms in total. The van der Waals surface area contributed by atoms with E-state index in [1.807, 2.05) is 6.07 Å². The number of carbonyl (C=O) groups is 1. The van der Waals surface area contributed by atoms with Gasteiger partial charge in [-0.2, -0.15) is 0 Å². The largest absolute Gasteiger partial charge is 0.378 e. The van der Waals surface area contributed by atoms with Gasteiger partial charge in [-0.3, -0.25) is 4.79 Å². The summed E-state index contributed by atoms with van der Waals surface area (Å²) in [6, 6.07) is 3.65. The molecule has 1 aromatic rings. The third-order valence-corrected chi connectivity index (χ3v) is 4.99. The summed E-state index contributed by atoms with van der Waals surface area (Å²) in [4.78, 5) is 16.1. The van der Waals surface area contributed by atoms with Crippen molar-refractivity contribution in [2.75, 3.05) is 7.11 Å². The monoisotopic (exact) mass is 296 g/mol. The summed E-state index contributed by atoms with van der Waals surface area (Å²) in [5.41, 5.74) is 0.612. The molecule has 1 fully saturated rings. The second-order valence-corrected chi connectivity index (χ2v) is 6.53. The number of hydrogen-bond donors (Lipinski definition) is 1. The standard InChI is InChI=1S/C15H21ClN2O2/c1-14(2)11(8-15(14,3)20-4)18-13(19)7-10-5-6-12(16)17-9-10/h5-6,9,11H,7-8H2,1-4H3,(H,18,19)/t11-,15+/m0/s1. The number of pyridine rings is 1. The average molecular weight is 297 g/mol. The minimum absolute atomic E-state index is 0.00495. The van der Waals surface area contributed by atoms with Crippen molar-refractivity contribution in [3.63, 3.8) is 0 Å². The summed E-state index contributed by atoms with van der Waals surface area (Å²) in [5.74, 6) is 0.00495. The van der Waals surface area contributed by atoms with E-state index in [9.17, 15) is 4.79 Å². The molecule has 2 rings (SSSR count). The predicted molar refractivity (Wildman–Crippen MR) is 78.7 cm³/mol. The molecule has 1 aromatic heterocycles. The van der Waals surface area contributed by atoms with Gasteiger partial charge in [-0.1, -0.05) is 31.5 Å². The van der Waals surface area contributed by atoms with Crippen LogP contribution in [-0.4, -0.2) is 29.6 Å². The van der Waals surface area contributed by atoms with Crippen LogP contribution in [0.5, 0.6) is 0 Å². The molecule has 0 unspecified atom stereocenters. The van der Waals surface area contributed by atoms with Crippen molar-refractivity contribution in [2.24, 2.45) is 5.41 Å². The van der Waals surface area contributed by atoms with E-state index >= 15 is 0 Å². The zero-order valence-corrected chi connectivity index (χ0v) is 13.1. The number of methoxy groups -OCH3 is 1. The van der Waals surface area contributed by atoms with Gasteiger partial charge in [0.25, 0.3) is 0 Å². The zero-order valence-electron chi connectivity index (χ0n) is 12.4. The maximum absolute atomic E-state index is 12.1. The first-order valence-electron chi connectivity index (χ1n) is 6.73. The molecule has 1 aliphatic carbocycles. The van der Waals surface area contributed by atoms with Gasteiger partial charge in [-0.05, 0) is 25.0 Å². The van der Waals surface area contributed by atoms with Crippen LogP contribution >= 0.6 is 11.6 Å². The Kier molecular flexibility index (Phi) is 4.07. The minimum atomic E-state index is -0.174. The number of halogens is 1. The van der Waals surface area contributed by atoms with E-state index < -0.39 is 0 Å². The Morgan fingerprint density at radius 3 is 2.70 bits per heavy atom. The highest BCUT2D eigenvalue weighted by molar-refractivity contribution is 6.29. The number of aromatic nitrogens is 1. The van der Waals surface area contributed by atoms with Crippen LogP contribution in [0.2, 0.25) is 5.15 Å². The first-order chi connectivity index (χ1) is 9.28.